The van der Waals surface area contributed by atoms with E-state index >= 15 is 0 Å². The third-order valence-electron chi connectivity index (χ3n) is 5.28. The van der Waals surface area contributed by atoms with E-state index in [1.165, 1.54) is 0 Å². The summed E-state index contributed by atoms with van der Waals surface area (Å²) in [5, 5.41) is 2.65. The highest BCUT2D eigenvalue weighted by atomic mass is 16.7. The Bertz CT molecular complexity index is 916. The number of ether oxygens (including phenoxy) is 2. The number of nitrogen functional groups attached to an aromatic ring is 1. The Kier molecular flexibility index (Phi) is 5.02. The zero-order chi connectivity index (χ0) is 20.6. The van der Waals surface area contributed by atoms with Crippen molar-refractivity contribution in [3.05, 3.63) is 53.6 Å². The third-order valence-corrected chi connectivity index (χ3v) is 5.28. The summed E-state index contributed by atoms with van der Waals surface area (Å²) in [6, 6.07) is 12.9. The molecule has 1 fully saturated rings. The highest BCUT2D eigenvalue weighted by Crippen LogP contribution is 2.44. The average molecular weight is 395 g/mol. The van der Waals surface area contributed by atoms with Gasteiger partial charge in [-0.1, -0.05) is 26.0 Å². The van der Waals surface area contributed by atoms with Crippen LogP contribution in [0.2, 0.25) is 0 Å². The Balaban J connectivity index is 1.67. The van der Waals surface area contributed by atoms with E-state index in [4.69, 9.17) is 15.2 Å². The van der Waals surface area contributed by atoms with Crippen molar-refractivity contribution in [2.45, 2.75) is 32.6 Å². The van der Waals surface area contributed by atoms with Crippen molar-refractivity contribution >= 4 is 29.4 Å². The predicted octanol–water partition coefficient (Wildman–Crippen LogP) is 2.87. The number of benzene rings is 2. The topological polar surface area (TPSA) is 93.9 Å². The molecule has 0 spiro atoms. The monoisotopic (exact) mass is 395 g/mol. The van der Waals surface area contributed by atoms with E-state index in [-0.39, 0.29) is 11.3 Å². The van der Waals surface area contributed by atoms with Crippen LogP contribution >= 0.6 is 0 Å². The number of hydrogen-bond acceptors (Lipinski definition) is 5. The molecule has 7 nitrogen and oxygen atoms in total. The Labute approximate surface area is 169 Å². The molecular formula is C22H25N3O4. The van der Waals surface area contributed by atoms with Crippen LogP contribution < -0.4 is 16.0 Å². The molecule has 1 saturated heterocycles. The number of fused-ring (bicyclic) bond motifs is 1. The molecule has 2 aliphatic heterocycles. The molecule has 2 amide bonds. The van der Waals surface area contributed by atoms with E-state index in [0.717, 1.165) is 16.8 Å². The van der Waals surface area contributed by atoms with Gasteiger partial charge in [0.15, 0.2) is 6.29 Å². The van der Waals surface area contributed by atoms with Gasteiger partial charge in [-0.05, 0) is 41.5 Å². The van der Waals surface area contributed by atoms with Crippen LogP contribution in [0, 0.1) is 5.41 Å². The van der Waals surface area contributed by atoms with E-state index in [1.54, 1.807) is 11.0 Å². The normalized spacial score (nSPS) is 21.1. The van der Waals surface area contributed by atoms with Gasteiger partial charge in [-0.25, -0.2) is 0 Å². The van der Waals surface area contributed by atoms with Gasteiger partial charge in [0, 0.05) is 22.5 Å². The lowest BCUT2D eigenvalue weighted by atomic mass is 9.93. The van der Waals surface area contributed by atoms with E-state index in [2.05, 4.69) is 19.2 Å². The lowest BCUT2D eigenvalue weighted by Crippen LogP contribution is -2.43. The number of anilines is 3. The number of nitrogens with one attached hydrogen (secondary N) is 1. The molecule has 2 aromatic rings. The van der Waals surface area contributed by atoms with Crippen molar-refractivity contribution in [3.8, 4) is 0 Å². The molecule has 0 saturated carbocycles. The summed E-state index contributed by atoms with van der Waals surface area (Å²) in [5.74, 6) is -0.659. The maximum atomic E-state index is 13.4. The second-order valence-corrected chi connectivity index (χ2v) is 8.33. The first kappa shape index (κ1) is 19.4. The summed E-state index contributed by atoms with van der Waals surface area (Å²) in [6.07, 6.45) is -0.0346. The molecule has 29 heavy (non-hydrogen) atoms. The summed E-state index contributed by atoms with van der Waals surface area (Å²) in [5.41, 5.74) is 9.55. The molecule has 0 radical (unpaired) electrons. The Morgan fingerprint density at radius 1 is 1.17 bits per heavy atom. The molecule has 1 atom stereocenters. The van der Waals surface area contributed by atoms with Gasteiger partial charge in [0.05, 0.1) is 19.8 Å². The Morgan fingerprint density at radius 3 is 2.52 bits per heavy atom. The zero-order valence-corrected chi connectivity index (χ0v) is 16.6. The fraction of sp³-hybridized carbons (Fsp3) is 0.364. The quantitative estimate of drug-likeness (QED) is 0.600. The standard InChI is InChI=1S/C22H25N3O4/c1-22(2)11-28-21(29-12-22)19-17-9-16(24-13-26)7-8-18(17)25(20(19)27)10-14-3-5-15(23)6-4-14/h3-9,13,19,21H,10-12,23H2,1-2H3,(H,24,26). The van der Waals surface area contributed by atoms with Gasteiger partial charge in [0.25, 0.3) is 0 Å². The molecule has 2 aromatic carbocycles. The zero-order valence-electron chi connectivity index (χ0n) is 16.6. The molecule has 1 unspecified atom stereocenters. The molecular weight excluding hydrogens is 370 g/mol. The first-order valence-corrected chi connectivity index (χ1v) is 9.61. The van der Waals surface area contributed by atoms with Gasteiger partial charge in [0.2, 0.25) is 12.3 Å². The first-order chi connectivity index (χ1) is 13.9. The molecule has 0 aliphatic carbocycles. The maximum absolute atomic E-state index is 13.4. The number of nitrogens with two attached hydrogens (primary N) is 1. The van der Waals surface area contributed by atoms with Crippen LogP contribution in [0.25, 0.3) is 0 Å². The highest BCUT2D eigenvalue weighted by Gasteiger charge is 2.45. The van der Waals surface area contributed by atoms with Gasteiger partial charge in [-0.2, -0.15) is 0 Å². The van der Waals surface area contributed by atoms with Crippen LogP contribution in [-0.4, -0.2) is 31.8 Å². The number of rotatable bonds is 5. The van der Waals surface area contributed by atoms with Gasteiger partial charge in [0.1, 0.15) is 5.92 Å². The predicted molar refractivity (Wildman–Crippen MR) is 110 cm³/mol. The Morgan fingerprint density at radius 2 is 1.86 bits per heavy atom. The summed E-state index contributed by atoms with van der Waals surface area (Å²) in [6.45, 7) is 5.57. The number of hydrogen-bond donors (Lipinski definition) is 2. The largest absolute Gasteiger partial charge is 0.399 e. The van der Waals surface area contributed by atoms with Crippen molar-refractivity contribution in [3.63, 3.8) is 0 Å². The summed E-state index contributed by atoms with van der Waals surface area (Å²) in [7, 11) is 0. The second kappa shape index (κ2) is 7.50. The lowest BCUT2D eigenvalue weighted by molar-refractivity contribution is -0.229. The molecule has 2 heterocycles. The summed E-state index contributed by atoms with van der Waals surface area (Å²) in [4.78, 5) is 26.0. The maximum Gasteiger partial charge on any atom is 0.240 e. The fourth-order valence-electron chi connectivity index (χ4n) is 3.76. The average Bonchev–Trinajstić information content (AvgIpc) is 2.95. The Hall–Kier alpha value is -2.90. The SMILES string of the molecule is CC1(C)COC(C2C(=O)N(Cc3ccc(N)cc3)c3ccc(NC=O)cc32)OC1. The van der Waals surface area contributed by atoms with Gasteiger partial charge in [-0.15, -0.1) is 0 Å². The van der Waals surface area contributed by atoms with Crippen LogP contribution in [0.4, 0.5) is 17.1 Å². The van der Waals surface area contributed by atoms with Crippen molar-refractivity contribution in [2.75, 3.05) is 29.2 Å². The fourth-order valence-corrected chi connectivity index (χ4v) is 3.76. The van der Waals surface area contributed by atoms with Crippen LogP contribution in [-0.2, 0) is 25.6 Å². The van der Waals surface area contributed by atoms with E-state index < -0.39 is 12.2 Å². The van der Waals surface area contributed by atoms with Crippen molar-refractivity contribution in [2.24, 2.45) is 5.41 Å². The van der Waals surface area contributed by atoms with Crippen LogP contribution in [0.5, 0.6) is 0 Å². The molecule has 7 heteroatoms. The van der Waals surface area contributed by atoms with E-state index in [9.17, 15) is 9.59 Å². The van der Waals surface area contributed by atoms with Crippen molar-refractivity contribution in [1.29, 1.82) is 0 Å². The molecule has 0 aromatic heterocycles. The molecule has 4 rings (SSSR count). The molecule has 3 N–H and O–H groups in total. The number of amides is 2. The summed E-state index contributed by atoms with van der Waals surface area (Å²) < 4.78 is 11.9. The molecule has 152 valence electrons. The van der Waals surface area contributed by atoms with Gasteiger partial charge in [-0.3, -0.25) is 9.59 Å². The van der Waals surface area contributed by atoms with Gasteiger partial charge < -0.3 is 25.4 Å². The van der Waals surface area contributed by atoms with E-state index in [0.29, 0.717) is 37.5 Å². The lowest BCUT2D eigenvalue weighted by Gasteiger charge is -2.36. The molecule has 0 bridgehead atoms. The third kappa shape index (κ3) is 3.83. The minimum Gasteiger partial charge on any atom is -0.399 e. The van der Waals surface area contributed by atoms with Crippen molar-refractivity contribution < 1.29 is 19.1 Å². The van der Waals surface area contributed by atoms with Crippen LogP contribution in [0.3, 0.4) is 0 Å². The van der Waals surface area contributed by atoms with Crippen molar-refractivity contribution in [1.82, 2.24) is 0 Å². The van der Waals surface area contributed by atoms with Crippen LogP contribution in [0.15, 0.2) is 42.5 Å². The number of carbonyl (C=O) groups excluding carboxylic acids is 2. The number of nitrogens with zero attached hydrogens (tertiary/aromatic N) is 1. The minimum absolute atomic E-state index is 0.0789. The second-order valence-electron chi connectivity index (χ2n) is 8.33. The number of carbonyl (C=O) groups is 2. The highest BCUT2D eigenvalue weighted by molar-refractivity contribution is 6.05. The van der Waals surface area contributed by atoms with E-state index in [1.807, 2.05) is 36.4 Å². The van der Waals surface area contributed by atoms with Crippen LogP contribution in [0.1, 0.15) is 30.9 Å². The molecule has 2 aliphatic rings. The van der Waals surface area contributed by atoms with Gasteiger partial charge >= 0.3 is 0 Å². The first-order valence-electron chi connectivity index (χ1n) is 9.61. The smallest absolute Gasteiger partial charge is 0.240 e. The summed E-state index contributed by atoms with van der Waals surface area (Å²) >= 11 is 0. The minimum atomic E-state index is -0.655.